The number of pyridine rings is 2. The molecule has 0 fully saturated rings. The lowest BCUT2D eigenvalue weighted by Crippen LogP contribution is -2.10. The van der Waals surface area contributed by atoms with E-state index in [1.165, 1.54) is 71.6 Å². The number of aromatic nitrogens is 2. The van der Waals surface area contributed by atoms with Crippen molar-refractivity contribution in [3.05, 3.63) is 237 Å². The van der Waals surface area contributed by atoms with Gasteiger partial charge in [-0.05, 0) is 160 Å². The molecular weight excluding hydrogens is 763 g/mol. The predicted molar refractivity (Wildman–Crippen MR) is 263 cm³/mol. The highest BCUT2D eigenvalue weighted by Crippen LogP contribution is 2.58. The zero-order valence-corrected chi connectivity index (χ0v) is 34.4. The number of hydrogen-bond donors (Lipinski definition) is 0. The van der Waals surface area contributed by atoms with E-state index in [1.807, 2.05) is 24.8 Å². The average Bonchev–Trinajstić information content (AvgIpc) is 3.69. The van der Waals surface area contributed by atoms with E-state index in [0.717, 1.165) is 44.9 Å². The van der Waals surface area contributed by atoms with Crippen LogP contribution < -0.4 is 4.90 Å². The lowest BCUT2D eigenvalue weighted by molar-refractivity contribution is 1.28. The van der Waals surface area contributed by atoms with Gasteiger partial charge in [-0.1, -0.05) is 152 Å². The Labute approximate surface area is 366 Å². The summed E-state index contributed by atoms with van der Waals surface area (Å²) in [4.78, 5) is 10.8. The van der Waals surface area contributed by atoms with Gasteiger partial charge < -0.3 is 4.90 Å². The molecule has 1 aliphatic rings. The van der Waals surface area contributed by atoms with E-state index < -0.39 is 0 Å². The minimum Gasteiger partial charge on any atom is -0.310 e. The first kappa shape index (κ1) is 36.5. The van der Waals surface area contributed by atoms with E-state index >= 15 is 0 Å². The van der Waals surface area contributed by atoms with E-state index in [4.69, 9.17) is 0 Å². The molecule has 2 aromatic heterocycles. The van der Waals surface area contributed by atoms with Crippen molar-refractivity contribution < 1.29 is 0 Å². The molecule has 3 nitrogen and oxygen atoms in total. The largest absolute Gasteiger partial charge is 0.310 e. The molecule has 2 heterocycles. The highest BCUT2D eigenvalue weighted by molar-refractivity contribution is 6.28. The molecule has 0 spiro atoms. The third-order valence-electron chi connectivity index (χ3n) is 12.6. The first-order valence-corrected chi connectivity index (χ1v) is 21.5. The van der Waals surface area contributed by atoms with Crippen molar-refractivity contribution in [3.8, 4) is 77.9 Å². The molecule has 0 aliphatic heterocycles. The van der Waals surface area contributed by atoms with Crippen LogP contribution in [0.15, 0.2) is 237 Å². The molecule has 3 heteroatoms. The average molecular weight is 802 g/mol. The Morgan fingerprint density at radius 2 is 0.683 bits per heavy atom. The van der Waals surface area contributed by atoms with Gasteiger partial charge in [0.15, 0.2) is 0 Å². The number of nitrogens with zero attached hydrogens (tertiary/aromatic N) is 3. The summed E-state index contributed by atoms with van der Waals surface area (Å²) in [6, 6.07) is 77.3. The van der Waals surface area contributed by atoms with Crippen molar-refractivity contribution in [3.63, 3.8) is 0 Å². The summed E-state index contributed by atoms with van der Waals surface area (Å²) in [7, 11) is 0. The molecule has 11 aromatic rings. The Balaban J connectivity index is 1.04. The van der Waals surface area contributed by atoms with Gasteiger partial charge in [0.05, 0.1) is 0 Å². The van der Waals surface area contributed by atoms with Crippen LogP contribution in [-0.2, 0) is 0 Å². The van der Waals surface area contributed by atoms with E-state index in [9.17, 15) is 0 Å². The van der Waals surface area contributed by atoms with E-state index in [1.54, 1.807) is 0 Å². The van der Waals surface area contributed by atoms with Crippen molar-refractivity contribution in [2.45, 2.75) is 0 Å². The van der Waals surface area contributed by atoms with Crippen molar-refractivity contribution in [2.24, 2.45) is 0 Å². The van der Waals surface area contributed by atoms with E-state index in [0.29, 0.717) is 0 Å². The van der Waals surface area contributed by atoms with Gasteiger partial charge in [0.25, 0.3) is 0 Å². The zero-order valence-electron chi connectivity index (χ0n) is 34.4. The lowest BCUT2D eigenvalue weighted by Gasteiger charge is -2.26. The molecule has 0 atom stereocenters. The molecule has 9 aromatic carbocycles. The van der Waals surface area contributed by atoms with E-state index in [-0.39, 0.29) is 0 Å². The SMILES string of the molecule is c1ccc(-c2c3c(c(-c4ccccc4)c4ccccc24)-c2ccc(-c4cccc(N(c5ccc(-c6ccncc6)cc5)c5ccc(-c6ccncc6)cc5)c4)c4cccc-3c24)cc1. The van der Waals surface area contributed by atoms with Crippen molar-refractivity contribution >= 4 is 38.6 Å². The first-order valence-electron chi connectivity index (χ1n) is 21.5. The molecule has 0 saturated heterocycles. The van der Waals surface area contributed by atoms with Gasteiger partial charge in [-0.25, -0.2) is 0 Å². The maximum atomic E-state index is 4.23. The van der Waals surface area contributed by atoms with Gasteiger partial charge in [-0.2, -0.15) is 0 Å². The molecule has 294 valence electrons. The Hall–Kier alpha value is -8.40. The second-order valence-corrected chi connectivity index (χ2v) is 16.1. The van der Waals surface area contributed by atoms with Crippen LogP contribution in [0.25, 0.3) is 99.4 Å². The number of fused-ring (bicyclic) bond motifs is 4. The minimum absolute atomic E-state index is 1.08. The van der Waals surface area contributed by atoms with Crippen LogP contribution in [0, 0.1) is 0 Å². The van der Waals surface area contributed by atoms with Crippen molar-refractivity contribution in [1.82, 2.24) is 9.97 Å². The van der Waals surface area contributed by atoms with Crippen LogP contribution in [0.2, 0.25) is 0 Å². The highest BCUT2D eigenvalue weighted by Gasteiger charge is 2.31. The summed E-state index contributed by atoms with van der Waals surface area (Å²) in [6.07, 6.45) is 7.38. The first-order chi connectivity index (χ1) is 31.3. The molecule has 0 radical (unpaired) electrons. The Morgan fingerprint density at radius 3 is 1.22 bits per heavy atom. The highest BCUT2D eigenvalue weighted by atomic mass is 15.1. The Kier molecular flexibility index (Phi) is 8.83. The number of rotatable bonds is 8. The predicted octanol–water partition coefficient (Wildman–Crippen LogP) is 16.2. The summed E-state index contributed by atoms with van der Waals surface area (Å²) in [5.41, 5.74) is 20.4. The van der Waals surface area contributed by atoms with Gasteiger partial charge in [-0.15, -0.1) is 0 Å². The normalized spacial score (nSPS) is 11.5. The number of anilines is 3. The number of benzene rings is 9. The van der Waals surface area contributed by atoms with Crippen LogP contribution in [0.5, 0.6) is 0 Å². The molecule has 0 amide bonds. The monoisotopic (exact) mass is 801 g/mol. The summed E-state index contributed by atoms with van der Waals surface area (Å²) in [5.74, 6) is 0. The van der Waals surface area contributed by atoms with Gasteiger partial charge in [0.2, 0.25) is 0 Å². The molecule has 0 N–H and O–H groups in total. The maximum Gasteiger partial charge on any atom is 0.0467 e. The second-order valence-electron chi connectivity index (χ2n) is 16.1. The molecule has 0 saturated carbocycles. The third-order valence-corrected chi connectivity index (χ3v) is 12.6. The standard InChI is InChI=1S/C60H39N3/c1-3-11-44(12-4-1)56-52-17-7-8-18-53(52)57(45-13-5-2-6-14-45)60-55-30-29-50(51-19-10-20-54(58(51)55)59(56)60)46-15-9-16-49(39-46)63(47-25-21-40(22-26-47)42-31-35-61-36-32-42)48-27-23-41(24-28-48)43-33-37-62-38-34-43/h1-39H. The lowest BCUT2D eigenvalue weighted by atomic mass is 9.82. The smallest absolute Gasteiger partial charge is 0.0467 e. The molecule has 0 bridgehead atoms. The Morgan fingerprint density at radius 1 is 0.254 bits per heavy atom. The molecule has 63 heavy (non-hydrogen) atoms. The second kappa shape index (κ2) is 15.3. The summed E-state index contributed by atoms with van der Waals surface area (Å²) < 4.78 is 0. The summed E-state index contributed by atoms with van der Waals surface area (Å²) in [5, 5.41) is 5.08. The fourth-order valence-corrected chi connectivity index (χ4v) is 9.82. The van der Waals surface area contributed by atoms with Crippen LogP contribution >= 0.6 is 0 Å². The van der Waals surface area contributed by atoms with Crippen LogP contribution in [0.4, 0.5) is 17.1 Å². The van der Waals surface area contributed by atoms with E-state index in [2.05, 4.69) is 227 Å². The van der Waals surface area contributed by atoms with Crippen LogP contribution in [0.1, 0.15) is 0 Å². The van der Waals surface area contributed by atoms with Gasteiger partial charge in [-0.3, -0.25) is 9.97 Å². The third kappa shape index (κ3) is 6.21. The maximum absolute atomic E-state index is 4.23. The van der Waals surface area contributed by atoms with Crippen molar-refractivity contribution in [1.29, 1.82) is 0 Å². The van der Waals surface area contributed by atoms with Crippen LogP contribution in [0.3, 0.4) is 0 Å². The fraction of sp³-hybridized carbons (Fsp3) is 0. The minimum atomic E-state index is 1.08. The number of hydrogen-bond acceptors (Lipinski definition) is 3. The van der Waals surface area contributed by atoms with Gasteiger partial charge in [0.1, 0.15) is 0 Å². The summed E-state index contributed by atoms with van der Waals surface area (Å²) in [6.45, 7) is 0. The Bertz CT molecular complexity index is 3280. The van der Waals surface area contributed by atoms with Crippen molar-refractivity contribution in [2.75, 3.05) is 4.90 Å². The van der Waals surface area contributed by atoms with Gasteiger partial charge >= 0.3 is 0 Å². The molecule has 0 unspecified atom stereocenters. The fourth-order valence-electron chi connectivity index (χ4n) is 9.82. The molecular formula is C60H39N3. The summed E-state index contributed by atoms with van der Waals surface area (Å²) >= 11 is 0. The molecule has 12 rings (SSSR count). The van der Waals surface area contributed by atoms with Crippen LogP contribution in [-0.4, -0.2) is 9.97 Å². The van der Waals surface area contributed by atoms with Gasteiger partial charge in [0, 0.05) is 41.8 Å². The zero-order chi connectivity index (χ0) is 41.7. The topological polar surface area (TPSA) is 29.0 Å². The quantitative estimate of drug-likeness (QED) is 0.153. The molecule has 1 aliphatic carbocycles.